The molecule has 0 radical (unpaired) electrons. The Morgan fingerprint density at radius 2 is 2.00 bits per heavy atom. The van der Waals surface area contributed by atoms with Crippen molar-refractivity contribution in [3.63, 3.8) is 0 Å². The molecule has 0 spiro atoms. The quantitative estimate of drug-likeness (QED) is 0.727. The van der Waals surface area contributed by atoms with Crippen LogP contribution in [0.4, 0.5) is 24.8 Å². The Bertz CT molecular complexity index is 891. The first kappa shape index (κ1) is 17.3. The van der Waals surface area contributed by atoms with Crippen LogP contribution in [0.15, 0.2) is 36.7 Å². The zero-order valence-electron chi connectivity index (χ0n) is 13.1. The standard InChI is InChI=1S/C16H14F3N5S/c1-9-4-10(12-8-22-14(7-20)25-12)6-11(5-9)23-15-21-3-2-13(24-15)16(17,18)19/h2-6,8H,7,20H2,1H3,(H,21,23,24). The van der Waals surface area contributed by atoms with Crippen LogP contribution in [-0.2, 0) is 12.7 Å². The Labute approximate surface area is 145 Å². The van der Waals surface area contributed by atoms with Crippen molar-refractivity contribution in [2.24, 2.45) is 5.73 Å². The largest absolute Gasteiger partial charge is 0.433 e. The highest BCUT2D eigenvalue weighted by Gasteiger charge is 2.32. The van der Waals surface area contributed by atoms with Gasteiger partial charge in [-0.05, 0) is 36.2 Å². The van der Waals surface area contributed by atoms with Crippen LogP contribution in [0.3, 0.4) is 0 Å². The molecule has 130 valence electrons. The predicted molar refractivity (Wildman–Crippen MR) is 90.5 cm³/mol. The van der Waals surface area contributed by atoms with E-state index in [4.69, 9.17) is 5.73 Å². The van der Waals surface area contributed by atoms with Gasteiger partial charge in [0.2, 0.25) is 5.95 Å². The molecule has 9 heteroatoms. The van der Waals surface area contributed by atoms with E-state index in [0.29, 0.717) is 12.2 Å². The van der Waals surface area contributed by atoms with Crippen molar-refractivity contribution in [2.45, 2.75) is 19.6 Å². The Hall–Kier alpha value is -2.52. The Balaban J connectivity index is 1.91. The first-order valence-electron chi connectivity index (χ1n) is 7.29. The normalized spacial score (nSPS) is 11.6. The van der Waals surface area contributed by atoms with Crippen molar-refractivity contribution in [3.8, 4) is 10.4 Å². The molecule has 0 amide bonds. The maximum Gasteiger partial charge on any atom is 0.433 e. The third-order valence-corrected chi connectivity index (χ3v) is 4.36. The minimum atomic E-state index is -4.52. The van der Waals surface area contributed by atoms with Crippen LogP contribution in [0, 0.1) is 6.92 Å². The minimum Gasteiger partial charge on any atom is -0.325 e. The van der Waals surface area contributed by atoms with E-state index in [2.05, 4.69) is 20.3 Å². The lowest BCUT2D eigenvalue weighted by molar-refractivity contribution is -0.141. The van der Waals surface area contributed by atoms with Gasteiger partial charge in [-0.25, -0.2) is 15.0 Å². The molecule has 1 aromatic carbocycles. The lowest BCUT2D eigenvalue weighted by atomic mass is 10.1. The number of thiazole rings is 1. The highest BCUT2D eigenvalue weighted by atomic mass is 32.1. The molecule has 0 aliphatic heterocycles. The van der Waals surface area contributed by atoms with E-state index in [1.54, 1.807) is 12.3 Å². The van der Waals surface area contributed by atoms with Crippen molar-refractivity contribution in [3.05, 3.63) is 52.9 Å². The summed E-state index contributed by atoms with van der Waals surface area (Å²) < 4.78 is 38.3. The second kappa shape index (κ2) is 6.77. The zero-order chi connectivity index (χ0) is 18.0. The van der Waals surface area contributed by atoms with Gasteiger partial charge in [-0.2, -0.15) is 13.2 Å². The molecular formula is C16H14F3N5S. The highest BCUT2D eigenvalue weighted by Crippen LogP contribution is 2.31. The average Bonchev–Trinajstić information content (AvgIpc) is 3.03. The summed E-state index contributed by atoms with van der Waals surface area (Å²) in [6.45, 7) is 2.26. The minimum absolute atomic E-state index is 0.113. The number of hydrogen-bond acceptors (Lipinski definition) is 6. The van der Waals surface area contributed by atoms with Crippen LogP contribution in [0.5, 0.6) is 0 Å². The molecular weight excluding hydrogens is 351 g/mol. The number of nitrogens with one attached hydrogen (secondary N) is 1. The van der Waals surface area contributed by atoms with E-state index in [1.165, 1.54) is 11.3 Å². The van der Waals surface area contributed by atoms with Crippen LogP contribution < -0.4 is 11.1 Å². The fourth-order valence-corrected chi connectivity index (χ4v) is 3.03. The van der Waals surface area contributed by atoms with Crippen LogP contribution in [-0.4, -0.2) is 15.0 Å². The highest BCUT2D eigenvalue weighted by molar-refractivity contribution is 7.15. The SMILES string of the molecule is Cc1cc(Nc2nccc(C(F)(F)F)n2)cc(-c2cnc(CN)s2)c1. The Kier molecular flexibility index (Phi) is 4.69. The smallest absolute Gasteiger partial charge is 0.325 e. The van der Waals surface area contributed by atoms with Crippen molar-refractivity contribution in [1.29, 1.82) is 0 Å². The summed E-state index contributed by atoms with van der Waals surface area (Å²) in [5, 5.41) is 3.64. The van der Waals surface area contributed by atoms with Crippen LogP contribution in [0.2, 0.25) is 0 Å². The third kappa shape index (κ3) is 4.12. The molecule has 0 unspecified atom stereocenters. The molecule has 0 saturated heterocycles. The molecule has 0 aliphatic carbocycles. The van der Waals surface area contributed by atoms with E-state index < -0.39 is 11.9 Å². The van der Waals surface area contributed by atoms with Crippen molar-refractivity contribution < 1.29 is 13.2 Å². The lowest BCUT2D eigenvalue weighted by Gasteiger charge is -2.10. The molecule has 0 aliphatic rings. The van der Waals surface area contributed by atoms with Crippen LogP contribution in [0.1, 0.15) is 16.3 Å². The van der Waals surface area contributed by atoms with Gasteiger partial charge >= 0.3 is 6.18 Å². The van der Waals surface area contributed by atoms with Gasteiger partial charge in [-0.3, -0.25) is 0 Å². The molecule has 5 nitrogen and oxygen atoms in total. The number of aryl methyl sites for hydroxylation is 1. The Morgan fingerprint density at radius 3 is 2.68 bits per heavy atom. The summed E-state index contributed by atoms with van der Waals surface area (Å²) in [6, 6.07) is 6.41. The topological polar surface area (TPSA) is 76.7 Å². The van der Waals surface area contributed by atoms with Gasteiger partial charge in [-0.15, -0.1) is 11.3 Å². The number of nitrogens with zero attached hydrogens (tertiary/aromatic N) is 3. The van der Waals surface area contributed by atoms with Crippen molar-refractivity contribution in [2.75, 3.05) is 5.32 Å². The van der Waals surface area contributed by atoms with E-state index in [-0.39, 0.29) is 5.95 Å². The number of anilines is 2. The summed E-state index contributed by atoms with van der Waals surface area (Å²) in [5.41, 5.74) is 7.02. The second-order valence-corrected chi connectivity index (χ2v) is 6.41. The van der Waals surface area contributed by atoms with E-state index in [9.17, 15) is 13.2 Å². The van der Waals surface area contributed by atoms with Gasteiger partial charge in [-0.1, -0.05) is 6.07 Å². The maximum atomic E-state index is 12.8. The number of rotatable bonds is 4. The number of benzene rings is 1. The van der Waals surface area contributed by atoms with Crippen LogP contribution >= 0.6 is 11.3 Å². The molecule has 0 atom stereocenters. The van der Waals surface area contributed by atoms with Crippen molar-refractivity contribution >= 4 is 23.0 Å². The summed E-state index contributed by atoms with van der Waals surface area (Å²) in [7, 11) is 0. The van der Waals surface area contributed by atoms with Crippen molar-refractivity contribution in [1.82, 2.24) is 15.0 Å². The molecule has 0 fully saturated rings. The number of nitrogens with two attached hydrogens (primary N) is 1. The molecule has 2 heterocycles. The fourth-order valence-electron chi connectivity index (χ4n) is 2.24. The number of alkyl halides is 3. The monoisotopic (exact) mass is 365 g/mol. The molecule has 3 N–H and O–H groups in total. The maximum absolute atomic E-state index is 12.8. The van der Waals surface area contributed by atoms with E-state index >= 15 is 0 Å². The summed E-state index contributed by atoms with van der Waals surface area (Å²) in [4.78, 5) is 12.5. The summed E-state index contributed by atoms with van der Waals surface area (Å²) in [5.74, 6) is -0.113. The molecule has 3 aromatic rings. The second-order valence-electron chi connectivity index (χ2n) is 5.30. The number of aromatic nitrogens is 3. The predicted octanol–water partition coefficient (Wildman–Crippen LogP) is 4.13. The summed E-state index contributed by atoms with van der Waals surface area (Å²) in [6.07, 6.45) is -1.71. The number of halogens is 3. The van der Waals surface area contributed by atoms with Gasteiger partial charge in [0.25, 0.3) is 0 Å². The van der Waals surface area contributed by atoms with Gasteiger partial charge in [0, 0.05) is 24.6 Å². The molecule has 0 bridgehead atoms. The average molecular weight is 365 g/mol. The fraction of sp³-hybridized carbons (Fsp3) is 0.188. The third-order valence-electron chi connectivity index (χ3n) is 3.29. The van der Waals surface area contributed by atoms with E-state index in [1.807, 2.05) is 19.1 Å². The van der Waals surface area contributed by atoms with Gasteiger partial charge in [0.15, 0.2) is 0 Å². The van der Waals surface area contributed by atoms with Crippen LogP contribution in [0.25, 0.3) is 10.4 Å². The lowest BCUT2D eigenvalue weighted by Crippen LogP contribution is -2.10. The molecule has 0 saturated carbocycles. The summed E-state index contributed by atoms with van der Waals surface area (Å²) >= 11 is 1.47. The molecule has 3 rings (SSSR count). The van der Waals surface area contributed by atoms with E-state index in [0.717, 1.165) is 33.3 Å². The number of hydrogen-bond donors (Lipinski definition) is 2. The Morgan fingerprint density at radius 1 is 1.20 bits per heavy atom. The van der Waals surface area contributed by atoms with Gasteiger partial charge in [0.1, 0.15) is 10.7 Å². The first-order valence-corrected chi connectivity index (χ1v) is 8.11. The molecule has 25 heavy (non-hydrogen) atoms. The zero-order valence-corrected chi connectivity index (χ0v) is 13.9. The first-order chi connectivity index (χ1) is 11.8. The van der Waals surface area contributed by atoms with Gasteiger partial charge < -0.3 is 11.1 Å². The molecule has 2 aromatic heterocycles. The van der Waals surface area contributed by atoms with Gasteiger partial charge in [0.05, 0.1) is 4.88 Å².